The van der Waals surface area contributed by atoms with Crippen molar-refractivity contribution >= 4 is 33.2 Å². The molecule has 1 fully saturated rings. The maximum absolute atomic E-state index is 11.7. The van der Waals surface area contributed by atoms with E-state index in [1.807, 2.05) is 30.3 Å². The highest BCUT2D eigenvalue weighted by Gasteiger charge is 2.49. The lowest BCUT2D eigenvalue weighted by Gasteiger charge is -2.30. The van der Waals surface area contributed by atoms with Gasteiger partial charge in [0.25, 0.3) is 0 Å². The molecule has 4 N–H and O–H groups in total. The predicted molar refractivity (Wildman–Crippen MR) is 86.7 cm³/mol. The van der Waals surface area contributed by atoms with Crippen molar-refractivity contribution in [2.24, 2.45) is 0 Å². The largest absolute Gasteiger partial charge is 0.395 e. The minimum Gasteiger partial charge on any atom is -0.395 e. The van der Waals surface area contributed by atoms with Crippen LogP contribution < -0.4 is 5.32 Å². The van der Waals surface area contributed by atoms with Crippen molar-refractivity contribution in [3.8, 4) is 0 Å². The zero-order chi connectivity index (χ0) is 15.5. The van der Waals surface area contributed by atoms with Gasteiger partial charge in [-0.1, -0.05) is 22.4 Å². The molecule has 1 saturated heterocycles. The number of nitrogens with one attached hydrogen (secondary N) is 1. The van der Waals surface area contributed by atoms with Crippen LogP contribution in [0.5, 0.6) is 0 Å². The van der Waals surface area contributed by atoms with Gasteiger partial charge in [-0.05, 0) is 24.4 Å². The average Bonchev–Trinajstić information content (AvgIpc) is 2.70. The topological polar surface area (TPSA) is 93.0 Å². The molecule has 8 heteroatoms. The van der Waals surface area contributed by atoms with Gasteiger partial charge in [0.2, 0.25) is 10.2 Å². The van der Waals surface area contributed by atoms with Crippen molar-refractivity contribution in [1.29, 1.82) is 0 Å². The van der Waals surface area contributed by atoms with Crippen molar-refractivity contribution in [2.75, 3.05) is 30.0 Å². The summed E-state index contributed by atoms with van der Waals surface area (Å²) in [5.41, 5.74) is 0.780. The van der Waals surface area contributed by atoms with Gasteiger partial charge in [0.1, 0.15) is 12.1 Å². The summed E-state index contributed by atoms with van der Waals surface area (Å²) in [6.45, 7) is 0.0301. The number of benzene rings is 1. The minimum atomic E-state index is -3.03. The lowest BCUT2D eigenvalue weighted by molar-refractivity contribution is 0.112. The molecule has 0 aliphatic carbocycles. The highest BCUT2D eigenvalue weighted by atomic mass is 32.3. The molecular weight excluding hydrogens is 312 g/mol. The van der Waals surface area contributed by atoms with Gasteiger partial charge < -0.3 is 20.4 Å². The van der Waals surface area contributed by atoms with Crippen LogP contribution in [0.15, 0.2) is 30.3 Å². The molecule has 1 aliphatic rings. The standard InChI is InChI=1S/C13H18N2O4S2/c16-7-6-15(11-8-21(18,19)9-12(11)17)13(20)14-10-4-2-1-3-5-10/h1-5,11-12,16-17H,6-9H2,(H-,14,18,19,20)/p+1/t11-,12-/m1/s1. The smallest absolute Gasteiger partial charge is 0.219 e. The van der Waals surface area contributed by atoms with E-state index in [4.69, 9.17) is 12.2 Å². The molecule has 0 bridgehead atoms. The number of rotatable bonds is 4. The maximum Gasteiger partial charge on any atom is 0.219 e. The molecule has 6 nitrogen and oxygen atoms in total. The molecule has 0 saturated carbocycles. The zero-order valence-corrected chi connectivity index (χ0v) is 13.0. The molecule has 0 spiro atoms. The van der Waals surface area contributed by atoms with Gasteiger partial charge in [0.15, 0.2) is 16.6 Å². The first-order valence-electron chi connectivity index (χ1n) is 6.56. The Morgan fingerprint density at radius 2 is 2.05 bits per heavy atom. The Morgan fingerprint density at radius 1 is 1.38 bits per heavy atom. The van der Waals surface area contributed by atoms with Gasteiger partial charge in [-0.3, -0.25) is 0 Å². The fourth-order valence-electron chi connectivity index (χ4n) is 2.36. The number of aliphatic hydroxyl groups is 2. The van der Waals surface area contributed by atoms with Crippen molar-refractivity contribution in [2.45, 2.75) is 12.1 Å². The zero-order valence-electron chi connectivity index (χ0n) is 11.4. The molecule has 1 aromatic carbocycles. The fraction of sp³-hybridized carbons (Fsp3) is 0.462. The number of para-hydroxylation sites is 1. The molecule has 21 heavy (non-hydrogen) atoms. The monoisotopic (exact) mass is 331 g/mol. The minimum absolute atomic E-state index is 0.0508. The quantitative estimate of drug-likeness (QED) is 0.468. The van der Waals surface area contributed by atoms with E-state index in [1.165, 1.54) is 0 Å². The molecule has 2 rings (SSSR count). The van der Waals surface area contributed by atoms with Crippen LogP contribution in [0.25, 0.3) is 0 Å². The van der Waals surface area contributed by atoms with Crippen molar-refractivity contribution < 1.29 is 19.0 Å². The average molecular weight is 331 g/mol. The Bertz CT molecular complexity index is 540. The Labute approximate surface area is 130 Å². The highest BCUT2D eigenvalue weighted by molar-refractivity contribution is 7.98. The second-order valence-corrected chi connectivity index (χ2v) is 7.55. The number of hydrogen-bond acceptors (Lipinski definition) is 4. The van der Waals surface area contributed by atoms with E-state index in [0.717, 1.165) is 5.69 Å². The number of hydrogen-bond donors (Lipinski definition) is 4. The van der Waals surface area contributed by atoms with Crippen LogP contribution in [-0.2, 0) is 14.4 Å². The van der Waals surface area contributed by atoms with E-state index in [2.05, 4.69) is 5.32 Å². The van der Waals surface area contributed by atoms with Crippen LogP contribution in [0.3, 0.4) is 0 Å². The summed E-state index contributed by atoms with van der Waals surface area (Å²) in [6.07, 6.45) is -0.940. The highest BCUT2D eigenvalue weighted by Crippen LogP contribution is 2.23. The first-order chi connectivity index (χ1) is 9.93. The Hall–Kier alpha value is -1.06. The summed E-state index contributed by atoms with van der Waals surface area (Å²) < 4.78 is 21.4. The van der Waals surface area contributed by atoms with Crippen LogP contribution in [0, 0.1) is 0 Å². The van der Waals surface area contributed by atoms with E-state index < -0.39 is 22.4 Å². The van der Waals surface area contributed by atoms with Crippen LogP contribution in [-0.4, -0.2) is 61.6 Å². The van der Waals surface area contributed by atoms with Crippen LogP contribution in [0.2, 0.25) is 0 Å². The van der Waals surface area contributed by atoms with Crippen LogP contribution in [0.1, 0.15) is 0 Å². The van der Waals surface area contributed by atoms with Gasteiger partial charge >= 0.3 is 0 Å². The normalized spacial score (nSPS) is 28.3. The van der Waals surface area contributed by atoms with E-state index in [-0.39, 0.29) is 24.7 Å². The fourth-order valence-corrected chi connectivity index (χ4v) is 4.54. The van der Waals surface area contributed by atoms with Gasteiger partial charge in [0, 0.05) is 12.2 Å². The molecule has 116 valence electrons. The molecule has 1 aromatic rings. The molecule has 1 aliphatic heterocycles. The van der Waals surface area contributed by atoms with Crippen molar-refractivity contribution in [1.82, 2.24) is 4.90 Å². The summed E-state index contributed by atoms with van der Waals surface area (Å²) >= 11 is 5.31. The maximum atomic E-state index is 11.7. The van der Waals surface area contributed by atoms with E-state index in [9.17, 15) is 19.0 Å². The Kier molecular flexibility index (Phi) is 5.28. The van der Waals surface area contributed by atoms with Gasteiger partial charge in [-0.15, -0.1) is 0 Å². The summed E-state index contributed by atoms with van der Waals surface area (Å²) in [4.78, 5) is 1.58. The first-order valence-corrected chi connectivity index (χ1v) is 8.83. The van der Waals surface area contributed by atoms with Gasteiger partial charge in [-0.2, -0.15) is 4.55 Å². The van der Waals surface area contributed by atoms with Crippen molar-refractivity contribution in [3.63, 3.8) is 0 Å². The summed E-state index contributed by atoms with van der Waals surface area (Å²) in [5.74, 6) is -0.210. The molecule has 3 atom stereocenters. The number of aliphatic hydroxyl groups excluding tert-OH is 2. The second kappa shape index (κ2) is 6.80. The lowest BCUT2D eigenvalue weighted by Crippen LogP contribution is -2.49. The summed E-state index contributed by atoms with van der Waals surface area (Å²) in [7, 11) is -3.03. The lowest BCUT2D eigenvalue weighted by atomic mass is 10.2. The van der Waals surface area contributed by atoms with Gasteiger partial charge in [0.05, 0.1) is 6.61 Å². The third-order valence-corrected chi connectivity index (χ3v) is 5.40. The second-order valence-electron chi connectivity index (χ2n) is 4.95. The molecule has 1 unspecified atom stereocenters. The molecule has 1 heterocycles. The summed E-state index contributed by atoms with van der Waals surface area (Å²) in [6, 6.07) is 8.69. The van der Waals surface area contributed by atoms with E-state index in [1.54, 1.807) is 4.90 Å². The van der Waals surface area contributed by atoms with E-state index in [0.29, 0.717) is 5.11 Å². The third kappa shape index (κ3) is 4.21. The Balaban J connectivity index is 2.11. The van der Waals surface area contributed by atoms with Crippen LogP contribution in [0.4, 0.5) is 5.69 Å². The Morgan fingerprint density at radius 3 is 2.57 bits per heavy atom. The summed E-state index contributed by atoms with van der Waals surface area (Å²) in [5, 5.41) is 22.5. The van der Waals surface area contributed by atoms with Crippen molar-refractivity contribution in [3.05, 3.63) is 30.3 Å². The molecular formula is C13H19N2O4S2+. The SMILES string of the molecule is O=[S+]1(O)C[C@@H](O)[C@H](N(CCO)C(=S)Nc2ccccc2)C1. The molecule has 0 radical (unpaired) electrons. The number of nitrogens with zero attached hydrogens (tertiary/aromatic N) is 1. The van der Waals surface area contributed by atoms with Gasteiger partial charge in [-0.25, -0.2) is 0 Å². The van der Waals surface area contributed by atoms with Crippen LogP contribution >= 0.6 is 12.2 Å². The first kappa shape index (κ1) is 16.3. The molecule has 0 aromatic heterocycles. The molecule has 0 amide bonds. The predicted octanol–water partition coefficient (Wildman–Crippen LogP) is 0.393. The third-order valence-electron chi connectivity index (χ3n) is 3.33. The number of thiocarbonyl (C=S) groups is 1. The van der Waals surface area contributed by atoms with E-state index >= 15 is 0 Å². The number of anilines is 1.